The molecule has 0 saturated heterocycles. The summed E-state index contributed by atoms with van der Waals surface area (Å²) in [7, 11) is 0. The molecule has 0 unspecified atom stereocenters. The standard InChI is InChI=1S/C29H24/c1-20(2)23-17-18-26-27(19-23)29(22-13-7-4-8-14-22)25-16-10-9-15-24(25)28(26)21-11-5-3-6-12-21/h3-20H,1-2H3. The molecule has 0 radical (unpaired) electrons. The van der Waals surface area contributed by atoms with Gasteiger partial charge >= 0.3 is 0 Å². The van der Waals surface area contributed by atoms with Gasteiger partial charge in [0.05, 0.1) is 0 Å². The molecule has 0 heterocycles. The van der Waals surface area contributed by atoms with Crippen molar-refractivity contribution in [3.05, 3.63) is 109 Å². The van der Waals surface area contributed by atoms with E-state index in [0.29, 0.717) is 5.92 Å². The summed E-state index contributed by atoms with van der Waals surface area (Å²) in [6.07, 6.45) is 0. The molecule has 0 nitrogen and oxygen atoms in total. The summed E-state index contributed by atoms with van der Waals surface area (Å²) < 4.78 is 0. The van der Waals surface area contributed by atoms with E-state index in [9.17, 15) is 0 Å². The molecular weight excluding hydrogens is 348 g/mol. The molecule has 0 atom stereocenters. The van der Waals surface area contributed by atoms with Gasteiger partial charge in [0.25, 0.3) is 0 Å². The smallest absolute Gasteiger partial charge is 0.00263 e. The number of hydrogen-bond acceptors (Lipinski definition) is 0. The second-order valence-corrected chi connectivity index (χ2v) is 7.99. The van der Waals surface area contributed by atoms with E-state index in [1.165, 1.54) is 49.4 Å². The van der Waals surface area contributed by atoms with Crippen LogP contribution in [0.15, 0.2) is 103 Å². The Morgan fingerprint density at radius 3 is 1.41 bits per heavy atom. The number of fused-ring (bicyclic) bond motifs is 2. The van der Waals surface area contributed by atoms with Gasteiger partial charge in [0, 0.05) is 0 Å². The Labute approximate surface area is 172 Å². The molecule has 0 aliphatic heterocycles. The van der Waals surface area contributed by atoms with Gasteiger partial charge in [-0.25, -0.2) is 0 Å². The average molecular weight is 373 g/mol. The van der Waals surface area contributed by atoms with E-state index in [4.69, 9.17) is 0 Å². The third-order valence-corrected chi connectivity index (χ3v) is 5.84. The Morgan fingerprint density at radius 1 is 0.448 bits per heavy atom. The second-order valence-electron chi connectivity index (χ2n) is 7.99. The predicted molar refractivity (Wildman–Crippen MR) is 126 cm³/mol. The zero-order valence-corrected chi connectivity index (χ0v) is 16.9. The number of hydrogen-bond donors (Lipinski definition) is 0. The summed E-state index contributed by atoms with van der Waals surface area (Å²) in [5.74, 6) is 0.495. The van der Waals surface area contributed by atoms with Gasteiger partial charge in [0.15, 0.2) is 0 Å². The largest absolute Gasteiger partial charge is 0.0622 e. The molecule has 5 aromatic carbocycles. The lowest BCUT2D eigenvalue weighted by atomic mass is 9.84. The Bertz CT molecular complexity index is 1300. The molecule has 0 heteroatoms. The summed E-state index contributed by atoms with van der Waals surface area (Å²) in [6, 6.07) is 37.5. The highest BCUT2D eigenvalue weighted by molar-refractivity contribution is 6.21. The Kier molecular flexibility index (Phi) is 4.41. The second kappa shape index (κ2) is 7.22. The van der Waals surface area contributed by atoms with E-state index in [-0.39, 0.29) is 0 Å². The molecule has 0 fully saturated rings. The van der Waals surface area contributed by atoms with Crippen molar-refractivity contribution in [2.24, 2.45) is 0 Å². The van der Waals surface area contributed by atoms with Crippen LogP contribution in [-0.2, 0) is 0 Å². The maximum absolute atomic E-state index is 2.40. The molecule has 0 bridgehead atoms. The maximum atomic E-state index is 2.40. The molecular formula is C29H24. The first kappa shape index (κ1) is 17.7. The summed E-state index contributed by atoms with van der Waals surface area (Å²) in [6.45, 7) is 4.53. The van der Waals surface area contributed by atoms with Crippen LogP contribution in [0, 0.1) is 0 Å². The van der Waals surface area contributed by atoms with Crippen molar-refractivity contribution < 1.29 is 0 Å². The van der Waals surface area contributed by atoms with Gasteiger partial charge in [-0.15, -0.1) is 0 Å². The van der Waals surface area contributed by atoms with Crippen molar-refractivity contribution in [1.82, 2.24) is 0 Å². The van der Waals surface area contributed by atoms with E-state index in [1.54, 1.807) is 0 Å². The first-order valence-corrected chi connectivity index (χ1v) is 10.3. The lowest BCUT2D eigenvalue weighted by molar-refractivity contribution is 0.869. The fourth-order valence-electron chi connectivity index (χ4n) is 4.39. The molecule has 140 valence electrons. The topological polar surface area (TPSA) is 0 Å². The molecule has 0 aliphatic rings. The van der Waals surface area contributed by atoms with Crippen LogP contribution in [0.2, 0.25) is 0 Å². The third-order valence-electron chi connectivity index (χ3n) is 5.84. The molecule has 5 aromatic rings. The normalized spacial score (nSPS) is 11.4. The van der Waals surface area contributed by atoms with Gasteiger partial charge in [-0.2, -0.15) is 0 Å². The van der Waals surface area contributed by atoms with Crippen LogP contribution in [0.3, 0.4) is 0 Å². The van der Waals surface area contributed by atoms with E-state index >= 15 is 0 Å². The van der Waals surface area contributed by atoms with Crippen LogP contribution in [0.1, 0.15) is 25.3 Å². The maximum Gasteiger partial charge on any atom is -0.00263 e. The molecule has 0 amide bonds. The average Bonchev–Trinajstić information content (AvgIpc) is 2.78. The Morgan fingerprint density at radius 2 is 0.897 bits per heavy atom. The Balaban J connectivity index is 2.01. The van der Waals surface area contributed by atoms with E-state index in [0.717, 1.165) is 0 Å². The predicted octanol–water partition coefficient (Wildman–Crippen LogP) is 8.45. The molecule has 0 N–H and O–H groups in total. The monoisotopic (exact) mass is 372 g/mol. The minimum absolute atomic E-state index is 0.495. The van der Waals surface area contributed by atoms with Crippen molar-refractivity contribution in [3.63, 3.8) is 0 Å². The highest BCUT2D eigenvalue weighted by Gasteiger charge is 2.17. The highest BCUT2D eigenvalue weighted by Crippen LogP contribution is 2.44. The molecule has 0 spiro atoms. The quantitative estimate of drug-likeness (QED) is 0.279. The van der Waals surface area contributed by atoms with Crippen LogP contribution >= 0.6 is 0 Å². The van der Waals surface area contributed by atoms with Gasteiger partial charge in [-0.3, -0.25) is 0 Å². The van der Waals surface area contributed by atoms with Crippen molar-refractivity contribution >= 4 is 21.5 Å². The molecule has 0 saturated carbocycles. The fourth-order valence-corrected chi connectivity index (χ4v) is 4.39. The molecule has 0 aliphatic carbocycles. The summed E-state index contributed by atoms with van der Waals surface area (Å²) in [5, 5.41) is 5.27. The molecule has 5 rings (SSSR count). The summed E-state index contributed by atoms with van der Waals surface area (Å²) in [4.78, 5) is 0. The van der Waals surface area contributed by atoms with Gasteiger partial charge < -0.3 is 0 Å². The first-order chi connectivity index (χ1) is 14.2. The minimum atomic E-state index is 0.495. The van der Waals surface area contributed by atoms with E-state index in [2.05, 4.69) is 117 Å². The van der Waals surface area contributed by atoms with Crippen LogP contribution in [0.5, 0.6) is 0 Å². The Hall–Kier alpha value is -3.38. The minimum Gasteiger partial charge on any atom is -0.0622 e. The SMILES string of the molecule is CC(C)c1ccc2c(-c3ccccc3)c3ccccc3c(-c3ccccc3)c2c1. The van der Waals surface area contributed by atoms with Gasteiger partial charge in [0.1, 0.15) is 0 Å². The van der Waals surface area contributed by atoms with Gasteiger partial charge in [-0.05, 0) is 55.3 Å². The van der Waals surface area contributed by atoms with Crippen molar-refractivity contribution in [2.75, 3.05) is 0 Å². The lowest BCUT2D eigenvalue weighted by Crippen LogP contribution is -1.93. The number of benzene rings is 5. The van der Waals surface area contributed by atoms with E-state index in [1.807, 2.05) is 0 Å². The fraction of sp³-hybridized carbons (Fsp3) is 0.103. The number of rotatable bonds is 3. The zero-order chi connectivity index (χ0) is 19.8. The van der Waals surface area contributed by atoms with Crippen LogP contribution in [-0.4, -0.2) is 0 Å². The summed E-state index contributed by atoms with van der Waals surface area (Å²) in [5.41, 5.74) is 6.58. The van der Waals surface area contributed by atoms with Crippen molar-refractivity contribution in [2.45, 2.75) is 19.8 Å². The lowest BCUT2D eigenvalue weighted by Gasteiger charge is -2.19. The summed E-state index contributed by atoms with van der Waals surface area (Å²) >= 11 is 0. The first-order valence-electron chi connectivity index (χ1n) is 10.3. The van der Waals surface area contributed by atoms with Crippen molar-refractivity contribution in [3.8, 4) is 22.3 Å². The van der Waals surface area contributed by atoms with Gasteiger partial charge in [0.2, 0.25) is 0 Å². The zero-order valence-electron chi connectivity index (χ0n) is 16.9. The molecule has 29 heavy (non-hydrogen) atoms. The molecule has 0 aromatic heterocycles. The van der Waals surface area contributed by atoms with Crippen LogP contribution < -0.4 is 0 Å². The van der Waals surface area contributed by atoms with E-state index < -0.39 is 0 Å². The van der Waals surface area contributed by atoms with Crippen LogP contribution in [0.4, 0.5) is 0 Å². The third kappa shape index (κ3) is 3.02. The van der Waals surface area contributed by atoms with Crippen LogP contribution in [0.25, 0.3) is 43.8 Å². The van der Waals surface area contributed by atoms with Gasteiger partial charge in [-0.1, -0.05) is 117 Å². The van der Waals surface area contributed by atoms with Crippen molar-refractivity contribution in [1.29, 1.82) is 0 Å². The highest BCUT2D eigenvalue weighted by atomic mass is 14.2.